The smallest absolute Gasteiger partial charge is 0.332 e. The highest BCUT2D eigenvalue weighted by atomic mass is 32.2. The second-order valence-electron chi connectivity index (χ2n) is 7.20. The monoisotopic (exact) mass is 362 g/mol. The van der Waals surface area contributed by atoms with Gasteiger partial charge < -0.3 is 5.84 Å². The maximum absolute atomic E-state index is 12.6. The number of hydrogen-bond acceptors (Lipinski definition) is 4. The number of nitrogens with zero attached hydrogens (tertiary/aromatic N) is 2. The predicted octanol–water partition coefficient (Wildman–Crippen LogP) is 0.842. The van der Waals surface area contributed by atoms with Crippen molar-refractivity contribution >= 4 is 21.9 Å². The van der Waals surface area contributed by atoms with E-state index in [0.717, 1.165) is 32.1 Å². The van der Waals surface area contributed by atoms with Crippen LogP contribution in [0.4, 0.5) is 0 Å². The average molecular weight is 362 g/mol. The fourth-order valence-corrected chi connectivity index (χ4v) is 4.43. The topological polar surface area (TPSA) is 99.1 Å². The number of aromatic nitrogens is 2. The van der Waals surface area contributed by atoms with Crippen LogP contribution in [0.2, 0.25) is 0 Å². The average Bonchev–Trinajstić information content (AvgIpc) is 3.53. The largest absolute Gasteiger partial charge is 0.350 e. The third-order valence-corrected chi connectivity index (χ3v) is 6.64. The minimum absolute atomic E-state index is 0.0430. The van der Waals surface area contributed by atoms with Gasteiger partial charge in [-0.25, -0.2) is 13.7 Å². The van der Waals surface area contributed by atoms with Gasteiger partial charge in [-0.2, -0.15) is 4.68 Å². The third-order valence-electron chi connectivity index (χ3n) is 5.34. The van der Waals surface area contributed by atoms with Crippen LogP contribution in [-0.2, 0) is 17.5 Å². The molecular weight excluding hydrogens is 340 g/mol. The number of hydrogen-bond donors (Lipinski definition) is 2. The molecule has 0 aliphatic heterocycles. The van der Waals surface area contributed by atoms with Crippen LogP contribution in [0.1, 0.15) is 39.0 Å². The van der Waals surface area contributed by atoms with Gasteiger partial charge in [0.2, 0.25) is 0 Å². The summed E-state index contributed by atoms with van der Waals surface area (Å²) < 4.78 is 18.0. The summed E-state index contributed by atoms with van der Waals surface area (Å²) in [7, 11) is -1.40. The SMILES string of the molecule is CCC1(NS(=O)c2ccc3c(c2)c(=O)n(N)c(=O)n3CC2CC2)CC1. The van der Waals surface area contributed by atoms with E-state index in [4.69, 9.17) is 5.84 Å². The molecule has 1 unspecified atom stereocenters. The molecule has 8 heteroatoms. The lowest BCUT2D eigenvalue weighted by atomic mass is 10.2. The summed E-state index contributed by atoms with van der Waals surface area (Å²) in [6, 6.07) is 5.03. The van der Waals surface area contributed by atoms with Crippen LogP contribution in [0.15, 0.2) is 32.7 Å². The number of nitrogen functional groups attached to an aromatic ring is 1. The van der Waals surface area contributed by atoms with Gasteiger partial charge >= 0.3 is 5.69 Å². The molecule has 0 bridgehead atoms. The first-order valence-electron chi connectivity index (χ1n) is 8.68. The molecule has 1 heterocycles. The molecule has 134 valence electrons. The Labute approximate surface area is 147 Å². The lowest BCUT2D eigenvalue weighted by Gasteiger charge is -2.15. The lowest BCUT2D eigenvalue weighted by Crippen LogP contribution is -2.45. The first kappa shape index (κ1) is 16.5. The van der Waals surface area contributed by atoms with E-state index in [-0.39, 0.29) is 5.54 Å². The highest BCUT2D eigenvalue weighted by Gasteiger charge is 2.42. The van der Waals surface area contributed by atoms with E-state index in [9.17, 15) is 13.8 Å². The van der Waals surface area contributed by atoms with Crippen molar-refractivity contribution in [3.8, 4) is 0 Å². The van der Waals surface area contributed by atoms with E-state index in [1.165, 1.54) is 0 Å². The Kier molecular flexibility index (Phi) is 3.84. The number of nitrogens with one attached hydrogen (secondary N) is 1. The van der Waals surface area contributed by atoms with Gasteiger partial charge in [0.1, 0.15) is 11.0 Å². The van der Waals surface area contributed by atoms with Gasteiger partial charge in [-0.15, -0.1) is 0 Å². The molecule has 25 heavy (non-hydrogen) atoms. The van der Waals surface area contributed by atoms with Crippen LogP contribution in [0.3, 0.4) is 0 Å². The highest BCUT2D eigenvalue weighted by Crippen LogP contribution is 2.39. The Morgan fingerprint density at radius 1 is 1.32 bits per heavy atom. The van der Waals surface area contributed by atoms with Crippen molar-refractivity contribution < 1.29 is 4.21 Å². The first-order chi connectivity index (χ1) is 11.9. The number of benzene rings is 1. The molecule has 3 N–H and O–H groups in total. The fourth-order valence-electron chi connectivity index (χ4n) is 3.16. The lowest BCUT2D eigenvalue weighted by molar-refractivity contribution is 0.579. The summed E-state index contributed by atoms with van der Waals surface area (Å²) in [5.41, 5.74) is -0.540. The molecule has 2 fully saturated rings. The molecule has 2 saturated carbocycles. The highest BCUT2D eigenvalue weighted by molar-refractivity contribution is 7.83. The van der Waals surface area contributed by atoms with E-state index in [1.54, 1.807) is 22.8 Å². The molecule has 0 saturated heterocycles. The summed E-state index contributed by atoms with van der Waals surface area (Å²) >= 11 is 0. The second kappa shape index (κ2) is 5.81. The molecule has 1 aromatic carbocycles. The Bertz CT molecular complexity index is 986. The first-order valence-corrected chi connectivity index (χ1v) is 9.83. The maximum Gasteiger partial charge on any atom is 0.350 e. The number of nitrogens with two attached hydrogens (primary N) is 1. The molecule has 7 nitrogen and oxygen atoms in total. The van der Waals surface area contributed by atoms with Crippen LogP contribution in [0, 0.1) is 5.92 Å². The molecule has 1 aromatic heterocycles. The summed E-state index contributed by atoms with van der Waals surface area (Å²) in [5.74, 6) is 6.15. The summed E-state index contributed by atoms with van der Waals surface area (Å²) in [5, 5.41) is 0.330. The van der Waals surface area contributed by atoms with Crippen LogP contribution in [-0.4, -0.2) is 19.0 Å². The summed E-state index contributed by atoms with van der Waals surface area (Å²) in [6.45, 7) is 2.63. The third kappa shape index (κ3) is 2.93. The number of rotatable bonds is 6. The van der Waals surface area contributed by atoms with Gasteiger partial charge in [-0.1, -0.05) is 6.92 Å². The molecule has 0 radical (unpaired) electrons. The van der Waals surface area contributed by atoms with Crippen molar-refractivity contribution in [3.63, 3.8) is 0 Å². The van der Waals surface area contributed by atoms with E-state index in [1.807, 2.05) is 0 Å². The van der Waals surface area contributed by atoms with Crippen molar-refractivity contribution in [1.82, 2.24) is 14.0 Å². The minimum Gasteiger partial charge on any atom is -0.332 e. The van der Waals surface area contributed by atoms with Crippen molar-refractivity contribution in [2.24, 2.45) is 5.92 Å². The van der Waals surface area contributed by atoms with Crippen LogP contribution in [0.25, 0.3) is 10.9 Å². The molecule has 0 spiro atoms. The van der Waals surface area contributed by atoms with Gasteiger partial charge in [-0.3, -0.25) is 9.36 Å². The molecule has 0 amide bonds. The van der Waals surface area contributed by atoms with E-state index < -0.39 is 22.2 Å². The Morgan fingerprint density at radius 3 is 2.64 bits per heavy atom. The quantitative estimate of drug-likeness (QED) is 0.744. The normalized spacial score (nSPS) is 19.9. The zero-order valence-electron chi connectivity index (χ0n) is 14.2. The molecule has 4 rings (SSSR count). The molecule has 2 aliphatic rings. The van der Waals surface area contributed by atoms with Crippen molar-refractivity contribution in [3.05, 3.63) is 39.0 Å². The zero-order valence-corrected chi connectivity index (χ0v) is 15.0. The van der Waals surface area contributed by atoms with Gasteiger partial charge in [0.05, 0.1) is 15.8 Å². The van der Waals surface area contributed by atoms with Crippen molar-refractivity contribution in [2.45, 2.75) is 56.0 Å². The minimum atomic E-state index is -1.40. The summed E-state index contributed by atoms with van der Waals surface area (Å²) in [4.78, 5) is 25.3. The Balaban J connectivity index is 1.78. The molecule has 1 atom stereocenters. The standard InChI is InChI=1S/C17H22N4O3S/c1-2-17(7-8-17)19-25(24)12-5-6-14-13(9-12)15(22)21(18)16(23)20(14)10-11-3-4-11/h5-6,9,11,19H,2-4,7-8,10,18H2,1H3. The Morgan fingerprint density at radius 2 is 2.04 bits per heavy atom. The fraction of sp³-hybridized carbons (Fsp3) is 0.529. The van der Waals surface area contributed by atoms with Gasteiger partial charge in [0, 0.05) is 12.1 Å². The second-order valence-corrected chi connectivity index (χ2v) is 8.41. The molecular formula is C17H22N4O3S. The van der Waals surface area contributed by atoms with Crippen LogP contribution < -0.4 is 21.8 Å². The van der Waals surface area contributed by atoms with Gasteiger partial charge in [-0.05, 0) is 56.2 Å². The van der Waals surface area contributed by atoms with Crippen LogP contribution >= 0.6 is 0 Å². The number of fused-ring (bicyclic) bond motifs is 1. The van der Waals surface area contributed by atoms with Gasteiger partial charge in [0.15, 0.2) is 0 Å². The Hall–Kier alpha value is -1.93. The predicted molar refractivity (Wildman–Crippen MR) is 97.1 cm³/mol. The molecule has 2 aromatic rings. The molecule has 2 aliphatic carbocycles. The summed E-state index contributed by atoms with van der Waals surface area (Å²) in [6.07, 6.45) is 5.12. The van der Waals surface area contributed by atoms with Crippen LogP contribution in [0.5, 0.6) is 0 Å². The van der Waals surface area contributed by atoms with E-state index in [0.29, 0.717) is 32.9 Å². The van der Waals surface area contributed by atoms with E-state index >= 15 is 0 Å². The van der Waals surface area contributed by atoms with E-state index in [2.05, 4.69) is 11.6 Å². The van der Waals surface area contributed by atoms with Gasteiger partial charge in [0.25, 0.3) is 5.56 Å². The van der Waals surface area contributed by atoms with Crippen molar-refractivity contribution in [1.29, 1.82) is 0 Å². The maximum atomic E-state index is 12.6. The van der Waals surface area contributed by atoms with Crippen molar-refractivity contribution in [2.75, 3.05) is 5.84 Å². The zero-order chi connectivity index (χ0) is 17.8.